The second kappa shape index (κ2) is 8.26. The molecule has 1 N–H and O–H groups in total. The lowest BCUT2D eigenvalue weighted by molar-refractivity contribution is -0.121. The summed E-state index contributed by atoms with van der Waals surface area (Å²) < 4.78 is 1.72. The first-order valence-corrected chi connectivity index (χ1v) is 9.11. The van der Waals surface area contributed by atoms with Crippen LogP contribution in [0, 0.1) is 13.8 Å². The summed E-state index contributed by atoms with van der Waals surface area (Å²) in [6, 6.07) is 10.4. The molecule has 0 fully saturated rings. The number of rotatable bonds is 7. The lowest BCUT2D eigenvalue weighted by atomic mass is 10.0. The summed E-state index contributed by atoms with van der Waals surface area (Å²) in [6.07, 6.45) is 2.54. The van der Waals surface area contributed by atoms with Gasteiger partial charge in [-0.3, -0.25) is 4.79 Å². The zero-order chi connectivity index (χ0) is 19.4. The smallest absolute Gasteiger partial charge is 0.252 e. The second-order valence-electron chi connectivity index (χ2n) is 6.93. The van der Waals surface area contributed by atoms with Crippen molar-refractivity contribution in [2.24, 2.45) is 0 Å². The summed E-state index contributed by atoms with van der Waals surface area (Å²) in [4.78, 5) is 23.1. The lowest BCUT2D eigenvalue weighted by Crippen LogP contribution is -2.34. The summed E-state index contributed by atoms with van der Waals surface area (Å²) in [5, 5.41) is 7.26. The molecule has 27 heavy (non-hydrogen) atoms. The molecule has 0 aliphatic rings. The van der Waals surface area contributed by atoms with E-state index in [0.29, 0.717) is 25.2 Å². The first-order chi connectivity index (χ1) is 13.0. The van der Waals surface area contributed by atoms with Crippen LogP contribution in [0.25, 0.3) is 5.78 Å². The maximum absolute atomic E-state index is 12.4. The van der Waals surface area contributed by atoms with Crippen LogP contribution in [0.5, 0.6) is 0 Å². The fourth-order valence-corrected chi connectivity index (χ4v) is 3.33. The Morgan fingerprint density at radius 3 is 2.67 bits per heavy atom. The summed E-state index contributed by atoms with van der Waals surface area (Å²) in [5.74, 6) is 0.630. The highest BCUT2D eigenvalue weighted by molar-refractivity contribution is 5.76. The first kappa shape index (κ1) is 19.0. The minimum atomic E-state index is 0.0373. The Hall–Kier alpha value is -2.80. The van der Waals surface area contributed by atoms with Gasteiger partial charge in [0.25, 0.3) is 5.78 Å². The molecule has 0 saturated heterocycles. The fourth-order valence-electron chi connectivity index (χ4n) is 3.33. The average Bonchev–Trinajstić information content (AvgIpc) is 3.11. The van der Waals surface area contributed by atoms with Gasteiger partial charge in [-0.05, 0) is 45.5 Å². The Balaban J connectivity index is 1.61. The SMILES string of the molecule is Cc1nc2ncnn2c(C)c1CCC(=O)NC[C@@H](c1ccccc1)N(C)C. The Bertz CT molecular complexity index is 919. The topological polar surface area (TPSA) is 75.4 Å². The van der Waals surface area contributed by atoms with E-state index >= 15 is 0 Å². The number of carbonyl (C=O) groups is 1. The van der Waals surface area contributed by atoms with Crippen LogP contribution >= 0.6 is 0 Å². The molecule has 3 rings (SSSR count). The van der Waals surface area contributed by atoms with Crippen LogP contribution < -0.4 is 5.32 Å². The number of fused-ring (bicyclic) bond motifs is 1. The third kappa shape index (κ3) is 4.31. The van der Waals surface area contributed by atoms with E-state index in [1.807, 2.05) is 46.1 Å². The predicted octanol–water partition coefficient (Wildman–Crippen LogP) is 2.09. The van der Waals surface area contributed by atoms with Crippen molar-refractivity contribution in [3.05, 3.63) is 59.2 Å². The van der Waals surface area contributed by atoms with Gasteiger partial charge in [-0.2, -0.15) is 10.1 Å². The molecular weight excluding hydrogens is 340 g/mol. The molecule has 1 aromatic carbocycles. The maximum Gasteiger partial charge on any atom is 0.252 e. The number of benzene rings is 1. The van der Waals surface area contributed by atoms with E-state index in [9.17, 15) is 4.79 Å². The Morgan fingerprint density at radius 2 is 1.96 bits per heavy atom. The van der Waals surface area contributed by atoms with Crippen molar-refractivity contribution in [3.8, 4) is 0 Å². The molecule has 3 aromatic rings. The zero-order valence-electron chi connectivity index (χ0n) is 16.3. The molecule has 1 amide bonds. The molecule has 0 spiro atoms. The molecular formula is C20H26N6O. The van der Waals surface area contributed by atoms with Gasteiger partial charge in [-0.1, -0.05) is 30.3 Å². The van der Waals surface area contributed by atoms with E-state index in [2.05, 4.69) is 37.4 Å². The standard InChI is InChI=1S/C20H26N6O/c1-14-17(15(2)26-20(24-14)22-13-23-26)10-11-19(27)21-12-18(25(3)4)16-8-6-5-7-9-16/h5-9,13,18H,10-12H2,1-4H3,(H,21,27)/t18-/m0/s1. The number of nitrogens with zero attached hydrogens (tertiary/aromatic N) is 5. The molecule has 0 unspecified atom stereocenters. The Labute approximate surface area is 159 Å². The van der Waals surface area contributed by atoms with E-state index in [4.69, 9.17) is 0 Å². The third-order valence-electron chi connectivity index (χ3n) is 4.89. The number of hydrogen-bond donors (Lipinski definition) is 1. The van der Waals surface area contributed by atoms with Gasteiger partial charge in [0, 0.05) is 24.4 Å². The van der Waals surface area contributed by atoms with Crippen molar-refractivity contribution in [2.75, 3.05) is 20.6 Å². The van der Waals surface area contributed by atoms with Gasteiger partial charge in [0.15, 0.2) is 0 Å². The molecule has 7 nitrogen and oxygen atoms in total. The Morgan fingerprint density at radius 1 is 1.22 bits per heavy atom. The van der Waals surface area contributed by atoms with Crippen molar-refractivity contribution in [1.29, 1.82) is 0 Å². The van der Waals surface area contributed by atoms with Gasteiger partial charge in [0.05, 0.1) is 6.04 Å². The normalized spacial score (nSPS) is 12.5. The van der Waals surface area contributed by atoms with E-state index in [-0.39, 0.29) is 11.9 Å². The maximum atomic E-state index is 12.4. The zero-order valence-corrected chi connectivity index (χ0v) is 16.3. The second-order valence-corrected chi connectivity index (χ2v) is 6.93. The van der Waals surface area contributed by atoms with E-state index in [0.717, 1.165) is 17.0 Å². The van der Waals surface area contributed by atoms with Crippen LogP contribution in [-0.4, -0.2) is 51.0 Å². The van der Waals surface area contributed by atoms with Crippen molar-refractivity contribution < 1.29 is 4.79 Å². The number of carbonyl (C=O) groups excluding carboxylic acids is 1. The summed E-state index contributed by atoms with van der Waals surface area (Å²) in [6.45, 7) is 4.52. The molecule has 2 aromatic heterocycles. The highest BCUT2D eigenvalue weighted by Gasteiger charge is 2.16. The van der Waals surface area contributed by atoms with E-state index in [1.54, 1.807) is 4.52 Å². The van der Waals surface area contributed by atoms with Crippen molar-refractivity contribution >= 4 is 11.7 Å². The lowest BCUT2D eigenvalue weighted by Gasteiger charge is -2.25. The van der Waals surface area contributed by atoms with Gasteiger partial charge in [-0.25, -0.2) is 9.50 Å². The molecule has 2 heterocycles. The quantitative estimate of drug-likeness (QED) is 0.693. The van der Waals surface area contributed by atoms with Gasteiger partial charge in [0.2, 0.25) is 5.91 Å². The van der Waals surface area contributed by atoms with Crippen LogP contribution in [0.15, 0.2) is 36.7 Å². The summed E-state index contributed by atoms with van der Waals surface area (Å²) in [5.41, 5.74) is 4.13. The average molecular weight is 366 g/mol. The molecule has 0 radical (unpaired) electrons. The summed E-state index contributed by atoms with van der Waals surface area (Å²) >= 11 is 0. The molecule has 1 atom stereocenters. The fraction of sp³-hybridized carbons (Fsp3) is 0.400. The molecule has 0 aliphatic carbocycles. The minimum Gasteiger partial charge on any atom is -0.354 e. The van der Waals surface area contributed by atoms with Gasteiger partial charge in [-0.15, -0.1) is 0 Å². The molecule has 7 heteroatoms. The van der Waals surface area contributed by atoms with Crippen LogP contribution in [0.1, 0.15) is 35.0 Å². The monoisotopic (exact) mass is 366 g/mol. The van der Waals surface area contributed by atoms with E-state index in [1.165, 1.54) is 11.9 Å². The summed E-state index contributed by atoms with van der Waals surface area (Å²) in [7, 11) is 4.05. The van der Waals surface area contributed by atoms with Gasteiger partial charge < -0.3 is 10.2 Å². The number of amides is 1. The largest absolute Gasteiger partial charge is 0.354 e. The predicted molar refractivity (Wildman–Crippen MR) is 104 cm³/mol. The van der Waals surface area contributed by atoms with E-state index < -0.39 is 0 Å². The molecule has 0 aliphatic heterocycles. The van der Waals surface area contributed by atoms with Gasteiger partial charge >= 0.3 is 0 Å². The minimum absolute atomic E-state index is 0.0373. The number of nitrogens with one attached hydrogen (secondary N) is 1. The van der Waals surface area contributed by atoms with Crippen molar-refractivity contribution in [2.45, 2.75) is 32.7 Å². The highest BCUT2D eigenvalue weighted by Crippen LogP contribution is 2.17. The van der Waals surface area contributed by atoms with Crippen molar-refractivity contribution in [3.63, 3.8) is 0 Å². The number of likely N-dealkylation sites (N-methyl/N-ethyl adjacent to an activating group) is 1. The van der Waals surface area contributed by atoms with Crippen LogP contribution in [0.4, 0.5) is 0 Å². The number of aromatic nitrogens is 4. The number of hydrogen-bond acceptors (Lipinski definition) is 5. The Kier molecular flexibility index (Phi) is 5.81. The van der Waals surface area contributed by atoms with Crippen LogP contribution in [-0.2, 0) is 11.2 Å². The first-order valence-electron chi connectivity index (χ1n) is 9.11. The molecule has 142 valence electrons. The molecule has 0 saturated carbocycles. The number of aryl methyl sites for hydroxylation is 2. The highest BCUT2D eigenvalue weighted by atomic mass is 16.1. The molecule has 0 bridgehead atoms. The van der Waals surface area contributed by atoms with Gasteiger partial charge in [0.1, 0.15) is 6.33 Å². The van der Waals surface area contributed by atoms with Crippen LogP contribution in [0.3, 0.4) is 0 Å². The third-order valence-corrected chi connectivity index (χ3v) is 4.89. The van der Waals surface area contributed by atoms with Crippen molar-refractivity contribution in [1.82, 2.24) is 29.8 Å². The van der Waals surface area contributed by atoms with Crippen LogP contribution in [0.2, 0.25) is 0 Å².